The summed E-state index contributed by atoms with van der Waals surface area (Å²) in [6.07, 6.45) is 0. The van der Waals surface area contributed by atoms with Gasteiger partial charge in [-0.15, -0.1) is 0 Å². The molecule has 0 spiro atoms. The molecule has 1 atom stereocenters. The number of carbonyl (C=O) groups is 1. The van der Waals surface area contributed by atoms with Gasteiger partial charge >= 0.3 is 0 Å². The van der Waals surface area contributed by atoms with Crippen LogP contribution in [0.25, 0.3) is 0 Å². The molecule has 2 rings (SSSR count). The van der Waals surface area contributed by atoms with Crippen molar-refractivity contribution in [2.45, 2.75) is 25.8 Å². The van der Waals surface area contributed by atoms with E-state index in [9.17, 15) is 10.1 Å². The molecule has 0 bridgehead atoms. The highest BCUT2D eigenvalue weighted by Gasteiger charge is 2.26. The van der Waals surface area contributed by atoms with Crippen molar-refractivity contribution in [1.82, 2.24) is 10.2 Å². The Morgan fingerprint density at radius 1 is 1.26 bits per heavy atom. The minimum atomic E-state index is -0.476. The molecule has 1 saturated heterocycles. The van der Waals surface area contributed by atoms with Crippen LogP contribution in [0.2, 0.25) is 0 Å². The highest BCUT2D eigenvalue weighted by Crippen LogP contribution is 2.23. The average Bonchev–Trinajstić information content (AvgIpc) is 2.42. The minimum absolute atomic E-state index is 0.00858. The van der Waals surface area contributed by atoms with Gasteiger partial charge in [0.1, 0.15) is 6.04 Å². The fourth-order valence-corrected chi connectivity index (χ4v) is 2.28. The van der Waals surface area contributed by atoms with Crippen LogP contribution in [-0.2, 0) is 4.79 Å². The summed E-state index contributed by atoms with van der Waals surface area (Å²) >= 11 is 0. The summed E-state index contributed by atoms with van der Waals surface area (Å²) in [5.41, 5.74) is 2.13. The first-order valence-corrected chi connectivity index (χ1v) is 6.63. The zero-order chi connectivity index (χ0) is 13.8. The van der Waals surface area contributed by atoms with Crippen LogP contribution in [0.4, 0.5) is 0 Å². The molecule has 19 heavy (non-hydrogen) atoms. The Hall–Kier alpha value is -1.86. The lowest BCUT2D eigenvalue weighted by Gasteiger charge is -2.31. The summed E-state index contributed by atoms with van der Waals surface area (Å²) in [7, 11) is 0. The highest BCUT2D eigenvalue weighted by atomic mass is 16.2. The zero-order valence-corrected chi connectivity index (χ0v) is 11.4. The number of carbonyl (C=O) groups excluding carboxylic acids is 1. The lowest BCUT2D eigenvalue weighted by atomic mass is 9.98. The van der Waals surface area contributed by atoms with Crippen LogP contribution in [0.5, 0.6) is 0 Å². The number of hydrogen-bond donors (Lipinski definition) is 1. The summed E-state index contributed by atoms with van der Waals surface area (Å²) in [4.78, 5) is 13.5. The van der Waals surface area contributed by atoms with Crippen LogP contribution < -0.4 is 5.32 Å². The van der Waals surface area contributed by atoms with Crippen LogP contribution >= 0.6 is 0 Å². The second kappa shape index (κ2) is 5.85. The molecule has 1 aromatic rings. The summed E-state index contributed by atoms with van der Waals surface area (Å²) in [5, 5.41) is 12.4. The lowest BCUT2D eigenvalue weighted by Crippen LogP contribution is -2.49. The number of hydrogen-bond acceptors (Lipinski definition) is 3. The molecular weight excluding hydrogens is 238 g/mol. The van der Waals surface area contributed by atoms with Gasteiger partial charge in [-0.2, -0.15) is 5.26 Å². The molecule has 0 saturated carbocycles. The van der Waals surface area contributed by atoms with Crippen molar-refractivity contribution in [2.24, 2.45) is 0 Å². The van der Waals surface area contributed by atoms with Crippen molar-refractivity contribution in [1.29, 1.82) is 5.26 Å². The standard InChI is InChI=1S/C15H19N3O/c1-11(2)12-3-5-13(6-4-12)14(9-16)18-8-7-17-10-15(18)19/h3-6,11,14,17H,7-8,10H2,1-2H3. The van der Waals surface area contributed by atoms with Crippen molar-refractivity contribution in [3.8, 4) is 6.07 Å². The molecule has 1 fully saturated rings. The van der Waals surface area contributed by atoms with Crippen molar-refractivity contribution >= 4 is 5.91 Å². The van der Waals surface area contributed by atoms with Gasteiger partial charge in [0.2, 0.25) is 5.91 Å². The molecule has 1 aliphatic rings. The SMILES string of the molecule is CC(C)c1ccc(C(C#N)N2CCNCC2=O)cc1. The van der Waals surface area contributed by atoms with Crippen molar-refractivity contribution in [3.05, 3.63) is 35.4 Å². The Morgan fingerprint density at radius 3 is 2.42 bits per heavy atom. The highest BCUT2D eigenvalue weighted by molar-refractivity contribution is 5.79. The van der Waals surface area contributed by atoms with E-state index in [2.05, 4.69) is 25.2 Å². The molecular formula is C15H19N3O. The maximum Gasteiger partial charge on any atom is 0.237 e. The largest absolute Gasteiger partial charge is 0.320 e. The van der Waals surface area contributed by atoms with Gasteiger partial charge < -0.3 is 10.2 Å². The molecule has 0 radical (unpaired) electrons. The van der Waals surface area contributed by atoms with E-state index in [4.69, 9.17) is 0 Å². The van der Waals surface area contributed by atoms with Crippen LogP contribution in [-0.4, -0.2) is 30.4 Å². The molecule has 0 aliphatic carbocycles. The number of rotatable bonds is 3. The predicted octanol–water partition coefficient (Wildman–Crippen LogP) is 1.81. The molecule has 0 aromatic heterocycles. The first-order valence-electron chi connectivity index (χ1n) is 6.63. The van der Waals surface area contributed by atoms with Gasteiger partial charge in [0.05, 0.1) is 12.6 Å². The summed E-state index contributed by atoms with van der Waals surface area (Å²) in [6.45, 7) is 5.92. The van der Waals surface area contributed by atoms with E-state index < -0.39 is 6.04 Å². The molecule has 1 heterocycles. The second-order valence-electron chi connectivity index (χ2n) is 5.12. The van der Waals surface area contributed by atoms with Crippen molar-refractivity contribution in [2.75, 3.05) is 19.6 Å². The molecule has 4 heteroatoms. The van der Waals surface area contributed by atoms with E-state index in [1.807, 2.05) is 24.3 Å². The quantitative estimate of drug-likeness (QED) is 0.898. The van der Waals surface area contributed by atoms with Crippen LogP contribution in [0, 0.1) is 11.3 Å². The van der Waals surface area contributed by atoms with Gasteiger partial charge in [-0.3, -0.25) is 4.79 Å². The topological polar surface area (TPSA) is 56.1 Å². The fourth-order valence-electron chi connectivity index (χ4n) is 2.28. The molecule has 1 unspecified atom stereocenters. The van der Waals surface area contributed by atoms with E-state index in [0.717, 1.165) is 12.1 Å². The molecule has 1 N–H and O–H groups in total. The van der Waals surface area contributed by atoms with Crippen LogP contribution in [0.15, 0.2) is 24.3 Å². The Kier molecular flexibility index (Phi) is 4.18. The van der Waals surface area contributed by atoms with Gasteiger partial charge in [0, 0.05) is 13.1 Å². The smallest absolute Gasteiger partial charge is 0.237 e. The van der Waals surface area contributed by atoms with E-state index in [0.29, 0.717) is 19.0 Å². The normalized spacial score (nSPS) is 17.4. The zero-order valence-electron chi connectivity index (χ0n) is 11.4. The summed E-state index contributed by atoms with van der Waals surface area (Å²) in [6, 6.07) is 9.76. The number of amides is 1. The maximum atomic E-state index is 11.9. The first kappa shape index (κ1) is 13.6. The Labute approximate surface area is 114 Å². The van der Waals surface area contributed by atoms with Crippen LogP contribution in [0.1, 0.15) is 36.9 Å². The van der Waals surface area contributed by atoms with E-state index >= 15 is 0 Å². The predicted molar refractivity (Wildman–Crippen MR) is 73.5 cm³/mol. The average molecular weight is 257 g/mol. The number of benzene rings is 1. The third-order valence-corrected chi connectivity index (χ3v) is 3.48. The third kappa shape index (κ3) is 2.94. The lowest BCUT2D eigenvalue weighted by molar-refractivity contribution is -0.133. The number of nitrogens with one attached hydrogen (secondary N) is 1. The second-order valence-corrected chi connectivity index (χ2v) is 5.12. The minimum Gasteiger partial charge on any atom is -0.320 e. The Balaban J connectivity index is 2.22. The molecule has 100 valence electrons. The van der Waals surface area contributed by atoms with Crippen molar-refractivity contribution in [3.63, 3.8) is 0 Å². The molecule has 1 aliphatic heterocycles. The van der Waals surface area contributed by atoms with Gasteiger partial charge in [0.15, 0.2) is 0 Å². The first-order chi connectivity index (χ1) is 9.13. The number of nitriles is 1. The van der Waals surface area contributed by atoms with Gasteiger partial charge in [0.25, 0.3) is 0 Å². The van der Waals surface area contributed by atoms with E-state index in [-0.39, 0.29) is 5.91 Å². The summed E-state index contributed by atoms with van der Waals surface area (Å²) < 4.78 is 0. The third-order valence-electron chi connectivity index (χ3n) is 3.48. The summed E-state index contributed by atoms with van der Waals surface area (Å²) in [5.74, 6) is 0.459. The fraction of sp³-hybridized carbons (Fsp3) is 0.467. The Morgan fingerprint density at radius 2 is 1.89 bits per heavy atom. The van der Waals surface area contributed by atoms with Crippen molar-refractivity contribution < 1.29 is 4.79 Å². The Bertz CT molecular complexity index is 487. The van der Waals surface area contributed by atoms with E-state index in [1.165, 1.54) is 5.56 Å². The maximum absolute atomic E-state index is 11.9. The molecule has 1 aromatic carbocycles. The van der Waals surface area contributed by atoms with Crippen LogP contribution in [0.3, 0.4) is 0 Å². The monoisotopic (exact) mass is 257 g/mol. The molecule has 1 amide bonds. The van der Waals surface area contributed by atoms with Gasteiger partial charge in [-0.25, -0.2) is 0 Å². The number of nitrogens with zero attached hydrogens (tertiary/aromatic N) is 2. The molecule has 4 nitrogen and oxygen atoms in total. The van der Waals surface area contributed by atoms with E-state index in [1.54, 1.807) is 4.90 Å². The number of piperazine rings is 1. The van der Waals surface area contributed by atoms with Gasteiger partial charge in [-0.05, 0) is 17.0 Å². The van der Waals surface area contributed by atoms with Gasteiger partial charge in [-0.1, -0.05) is 38.1 Å².